The molecule has 1 N–H and O–H groups in total. The summed E-state index contributed by atoms with van der Waals surface area (Å²) in [7, 11) is 1.67. The van der Waals surface area contributed by atoms with E-state index >= 15 is 0 Å². The molecular weight excluding hydrogens is 462 g/mol. The Kier molecular flexibility index (Phi) is 6.31. The van der Waals surface area contributed by atoms with Gasteiger partial charge in [-0.25, -0.2) is 0 Å². The van der Waals surface area contributed by atoms with Gasteiger partial charge in [0.05, 0.1) is 11.6 Å². The van der Waals surface area contributed by atoms with Crippen LogP contribution in [0.3, 0.4) is 0 Å². The molecule has 1 unspecified atom stereocenters. The molecule has 0 aliphatic carbocycles. The van der Waals surface area contributed by atoms with Gasteiger partial charge in [0.1, 0.15) is 29.5 Å². The van der Waals surface area contributed by atoms with Gasteiger partial charge < -0.3 is 24.2 Å². The second-order valence-electron chi connectivity index (χ2n) is 8.23. The number of fused-ring (bicyclic) bond motifs is 1. The van der Waals surface area contributed by atoms with Gasteiger partial charge in [-0.3, -0.25) is 14.6 Å². The second kappa shape index (κ2) is 9.87. The highest BCUT2D eigenvalue weighted by atomic mass is 16.5. The molecule has 0 radical (unpaired) electrons. The number of anilines is 1. The molecule has 182 valence electrons. The Morgan fingerprint density at radius 1 is 1.14 bits per heavy atom. The first-order valence-corrected chi connectivity index (χ1v) is 11.3. The average Bonchev–Trinajstić information content (AvgIpc) is 3.30. The predicted molar refractivity (Wildman–Crippen MR) is 130 cm³/mol. The SMILES string of the molecule is Cc1nc(-c2ccc3c(c2)N(C)C(=O)C(CNC(=O)c2cc(Oc4ccccc4)ccn2)CO3)no1. The molecule has 3 heterocycles. The number of aryl methyl sites for hydroxylation is 1. The molecule has 10 heteroatoms. The first-order chi connectivity index (χ1) is 17.5. The van der Waals surface area contributed by atoms with Crippen LogP contribution in [0.25, 0.3) is 11.4 Å². The van der Waals surface area contributed by atoms with Gasteiger partial charge in [-0.2, -0.15) is 4.98 Å². The van der Waals surface area contributed by atoms with E-state index in [9.17, 15) is 9.59 Å². The molecule has 0 fully saturated rings. The number of nitrogens with zero attached hydrogens (tertiary/aromatic N) is 4. The van der Waals surface area contributed by atoms with Gasteiger partial charge in [-0.1, -0.05) is 23.4 Å². The summed E-state index contributed by atoms with van der Waals surface area (Å²) in [5, 5.41) is 6.72. The number of hydrogen-bond acceptors (Lipinski definition) is 8. The van der Waals surface area contributed by atoms with Crippen molar-refractivity contribution in [1.29, 1.82) is 0 Å². The van der Waals surface area contributed by atoms with Gasteiger partial charge in [0.25, 0.3) is 5.91 Å². The van der Waals surface area contributed by atoms with Crippen molar-refractivity contribution in [2.45, 2.75) is 6.92 Å². The molecule has 2 aromatic carbocycles. The van der Waals surface area contributed by atoms with Crippen LogP contribution in [-0.4, -0.2) is 47.1 Å². The lowest BCUT2D eigenvalue weighted by Gasteiger charge is -2.20. The van der Waals surface area contributed by atoms with Crippen LogP contribution in [0.15, 0.2) is 71.4 Å². The van der Waals surface area contributed by atoms with Crippen LogP contribution in [0.5, 0.6) is 17.2 Å². The van der Waals surface area contributed by atoms with Crippen molar-refractivity contribution < 1.29 is 23.6 Å². The Bertz CT molecular complexity index is 1400. The average molecular weight is 486 g/mol. The minimum absolute atomic E-state index is 0.0817. The van der Waals surface area contributed by atoms with Crippen molar-refractivity contribution >= 4 is 17.5 Å². The van der Waals surface area contributed by atoms with E-state index < -0.39 is 11.8 Å². The third-order valence-electron chi connectivity index (χ3n) is 5.68. The molecular formula is C26H23N5O5. The van der Waals surface area contributed by atoms with Crippen LogP contribution in [0.2, 0.25) is 0 Å². The largest absolute Gasteiger partial charge is 0.490 e. The first kappa shape index (κ1) is 23.0. The number of hydrogen-bond donors (Lipinski definition) is 1. The van der Waals surface area contributed by atoms with Gasteiger partial charge >= 0.3 is 0 Å². The number of carbonyl (C=O) groups excluding carboxylic acids is 2. The zero-order chi connectivity index (χ0) is 25.1. The summed E-state index contributed by atoms with van der Waals surface area (Å²) in [6.45, 7) is 1.90. The molecule has 1 aliphatic heterocycles. The number of benzene rings is 2. The highest BCUT2D eigenvalue weighted by Gasteiger charge is 2.30. The van der Waals surface area contributed by atoms with Crippen LogP contribution in [0, 0.1) is 12.8 Å². The van der Waals surface area contributed by atoms with Gasteiger partial charge in [0, 0.05) is 38.3 Å². The fraction of sp³-hybridized carbons (Fsp3) is 0.192. The number of amides is 2. The lowest BCUT2D eigenvalue weighted by atomic mass is 10.1. The normalized spacial score (nSPS) is 15.0. The van der Waals surface area contributed by atoms with E-state index in [-0.39, 0.29) is 24.8 Å². The maximum absolute atomic E-state index is 13.2. The number of nitrogens with one attached hydrogen (secondary N) is 1. The summed E-state index contributed by atoms with van der Waals surface area (Å²) in [6, 6.07) is 17.8. The van der Waals surface area contributed by atoms with Crippen LogP contribution in [0.1, 0.15) is 16.4 Å². The number of ether oxygens (including phenoxy) is 2. The van der Waals surface area contributed by atoms with Gasteiger partial charge in [-0.05, 0) is 36.4 Å². The summed E-state index contributed by atoms with van der Waals surface area (Å²) < 4.78 is 16.7. The lowest BCUT2D eigenvalue weighted by molar-refractivity contribution is -0.122. The maximum Gasteiger partial charge on any atom is 0.270 e. The van der Waals surface area contributed by atoms with Crippen molar-refractivity contribution in [3.05, 3.63) is 78.4 Å². The highest BCUT2D eigenvalue weighted by molar-refractivity contribution is 5.98. The quantitative estimate of drug-likeness (QED) is 0.440. The number of pyridine rings is 1. The summed E-state index contributed by atoms with van der Waals surface area (Å²) in [6.07, 6.45) is 1.50. The lowest BCUT2D eigenvalue weighted by Crippen LogP contribution is -2.41. The molecule has 36 heavy (non-hydrogen) atoms. The molecule has 2 amide bonds. The summed E-state index contributed by atoms with van der Waals surface area (Å²) >= 11 is 0. The molecule has 1 atom stereocenters. The van der Waals surface area contributed by atoms with E-state index in [0.29, 0.717) is 40.2 Å². The Morgan fingerprint density at radius 3 is 2.75 bits per heavy atom. The van der Waals surface area contributed by atoms with Crippen LogP contribution in [0.4, 0.5) is 5.69 Å². The third-order valence-corrected chi connectivity index (χ3v) is 5.68. The number of aromatic nitrogens is 3. The van der Waals surface area contributed by atoms with Crippen molar-refractivity contribution in [1.82, 2.24) is 20.4 Å². The summed E-state index contributed by atoms with van der Waals surface area (Å²) in [5.41, 5.74) is 1.47. The van der Waals surface area contributed by atoms with Crippen molar-refractivity contribution in [2.75, 3.05) is 25.1 Å². The van der Waals surface area contributed by atoms with E-state index in [2.05, 4.69) is 20.4 Å². The maximum atomic E-state index is 13.2. The summed E-state index contributed by atoms with van der Waals surface area (Å²) in [4.78, 5) is 35.8. The molecule has 0 saturated heterocycles. The monoisotopic (exact) mass is 485 g/mol. The Labute approximate surface area is 206 Å². The zero-order valence-corrected chi connectivity index (χ0v) is 19.7. The topological polar surface area (TPSA) is 120 Å². The Morgan fingerprint density at radius 2 is 1.97 bits per heavy atom. The predicted octanol–water partition coefficient (Wildman–Crippen LogP) is 3.63. The number of para-hydroxylation sites is 1. The molecule has 1 aliphatic rings. The van der Waals surface area contributed by atoms with Crippen LogP contribution >= 0.6 is 0 Å². The van der Waals surface area contributed by atoms with E-state index in [0.717, 1.165) is 0 Å². The van der Waals surface area contributed by atoms with E-state index in [1.54, 1.807) is 44.3 Å². The molecule has 0 spiro atoms. The highest BCUT2D eigenvalue weighted by Crippen LogP contribution is 2.35. The van der Waals surface area contributed by atoms with Gasteiger partial charge in [0.15, 0.2) is 0 Å². The van der Waals surface area contributed by atoms with Crippen LogP contribution in [-0.2, 0) is 4.79 Å². The molecule has 10 nitrogen and oxygen atoms in total. The summed E-state index contributed by atoms with van der Waals surface area (Å²) in [5.74, 6) is 1.36. The minimum atomic E-state index is -0.592. The van der Waals surface area contributed by atoms with Crippen molar-refractivity contribution in [3.8, 4) is 28.6 Å². The zero-order valence-electron chi connectivity index (χ0n) is 19.7. The van der Waals surface area contributed by atoms with Gasteiger partial charge in [-0.15, -0.1) is 0 Å². The van der Waals surface area contributed by atoms with E-state index in [1.165, 1.54) is 11.1 Å². The molecule has 4 aromatic rings. The molecule has 0 saturated carbocycles. The first-order valence-electron chi connectivity index (χ1n) is 11.3. The van der Waals surface area contributed by atoms with Crippen molar-refractivity contribution in [2.24, 2.45) is 5.92 Å². The third kappa shape index (κ3) is 4.88. The molecule has 0 bridgehead atoms. The Balaban J connectivity index is 1.25. The molecule has 5 rings (SSSR count). The number of rotatable bonds is 6. The van der Waals surface area contributed by atoms with E-state index in [1.807, 2.05) is 30.3 Å². The van der Waals surface area contributed by atoms with Crippen molar-refractivity contribution in [3.63, 3.8) is 0 Å². The Hall–Kier alpha value is -4.73. The smallest absolute Gasteiger partial charge is 0.270 e. The fourth-order valence-corrected chi connectivity index (χ4v) is 3.79. The molecule has 2 aromatic heterocycles. The van der Waals surface area contributed by atoms with E-state index in [4.69, 9.17) is 14.0 Å². The minimum Gasteiger partial charge on any atom is -0.490 e. The number of carbonyl (C=O) groups is 2. The second-order valence-corrected chi connectivity index (χ2v) is 8.23. The fourth-order valence-electron chi connectivity index (χ4n) is 3.79. The van der Waals surface area contributed by atoms with Crippen LogP contribution < -0.4 is 19.7 Å². The van der Waals surface area contributed by atoms with Gasteiger partial charge in [0.2, 0.25) is 17.6 Å². The standard InChI is InChI=1S/C26H23N5O5/c1-16-29-24(30-36-16)17-8-9-23-22(12-17)31(2)26(33)18(15-34-23)14-28-25(32)21-13-20(10-11-27-21)35-19-6-4-3-5-7-19/h3-13,18H,14-15H2,1-2H3,(H,28,32).